The minimum absolute atomic E-state index is 0.0739. The van der Waals surface area contributed by atoms with E-state index in [4.69, 9.17) is 4.98 Å². The van der Waals surface area contributed by atoms with Crippen LogP contribution in [0, 0.1) is 6.92 Å². The summed E-state index contributed by atoms with van der Waals surface area (Å²) in [5.74, 6) is 0.0739. The molecule has 0 saturated heterocycles. The summed E-state index contributed by atoms with van der Waals surface area (Å²) in [6.07, 6.45) is 5.03. The van der Waals surface area contributed by atoms with Gasteiger partial charge in [0.15, 0.2) is 0 Å². The fourth-order valence-electron chi connectivity index (χ4n) is 3.78. The van der Waals surface area contributed by atoms with E-state index in [1.165, 1.54) is 0 Å². The molecule has 0 unspecified atom stereocenters. The number of carbonyl (C=O) groups excluding carboxylic acids is 1. The lowest BCUT2D eigenvalue weighted by Crippen LogP contribution is -2.17. The highest BCUT2D eigenvalue weighted by molar-refractivity contribution is 5.99. The second-order valence-electron chi connectivity index (χ2n) is 8.03. The van der Waals surface area contributed by atoms with Crippen LogP contribution < -0.4 is 0 Å². The Kier molecular flexibility index (Phi) is 5.20. The standard InChI is InChI=1S/C23H27N5O/c1-16-6-9-20(19-13-24-28(15-19)11-5-10-26(2)3)22(25-16)17-7-8-18-14-27(4)23(29)21(18)12-17/h6-9,12-13,15H,5,10-11,14H2,1-4H3. The highest BCUT2D eigenvalue weighted by Crippen LogP contribution is 2.33. The molecule has 4 rings (SSSR count). The van der Waals surface area contributed by atoms with E-state index < -0.39 is 0 Å². The highest BCUT2D eigenvalue weighted by Gasteiger charge is 2.25. The number of aryl methyl sites for hydroxylation is 2. The quantitative estimate of drug-likeness (QED) is 0.648. The molecule has 0 saturated carbocycles. The van der Waals surface area contributed by atoms with E-state index >= 15 is 0 Å². The van der Waals surface area contributed by atoms with Gasteiger partial charge in [0, 0.05) is 54.3 Å². The van der Waals surface area contributed by atoms with Crippen molar-refractivity contribution in [1.29, 1.82) is 0 Å². The molecule has 3 aromatic rings. The smallest absolute Gasteiger partial charge is 0.254 e. The van der Waals surface area contributed by atoms with Crippen LogP contribution in [0.5, 0.6) is 0 Å². The molecule has 0 N–H and O–H groups in total. The van der Waals surface area contributed by atoms with E-state index in [-0.39, 0.29) is 5.91 Å². The molecule has 1 amide bonds. The monoisotopic (exact) mass is 389 g/mol. The maximum absolute atomic E-state index is 12.4. The van der Waals surface area contributed by atoms with Crippen LogP contribution >= 0.6 is 0 Å². The largest absolute Gasteiger partial charge is 0.337 e. The minimum Gasteiger partial charge on any atom is -0.337 e. The van der Waals surface area contributed by atoms with Crippen LogP contribution in [-0.4, -0.2) is 58.2 Å². The molecule has 6 nitrogen and oxygen atoms in total. The third-order valence-electron chi connectivity index (χ3n) is 5.34. The Morgan fingerprint density at radius 3 is 2.72 bits per heavy atom. The predicted octanol–water partition coefficient (Wildman–Crippen LogP) is 3.46. The summed E-state index contributed by atoms with van der Waals surface area (Å²) in [6, 6.07) is 10.2. The fraction of sp³-hybridized carbons (Fsp3) is 0.348. The number of hydrogen-bond donors (Lipinski definition) is 0. The van der Waals surface area contributed by atoms with E-state index in [9.17, 15) is 4.79 Å². The Labute approximate surface area is 171 Å². The van der Waals surface area contributed by atoms with Gasteiger partial charge in [0.05, 0.1) is 11.9 Å². The number of aromatic nitrogens is 3. The van der Waals surface area contributed by atoms with Crippen molar-refractivity contribution >= 4 is 5.91 Å². The molecular formula is C23H27N5O. The van der Waals surface area contributed by atoms with Crippen LogP contribution in [0.1, 0.15) is 28.0 Å². The zero-order valence-electron chi connectivity index (χ0n) is 17.5. The summed E-state index contributed by atoms with van der Waals surface area (Å²) in [5, 5.41) is 4.54. The fourth-order valence-corrected chi connectivity index (χ4v) is 3.78. The van der Waals surface area contributed by atoms with Gasteiger partial charge in [-0.3, -0.25) is 14.5 Å². The van der Waals surface area contributed by atoms with E-state index in [1.807, 2.05) is 43.0 Å². The van der Waals surface area contributed by atoms with Gasteiger partial charge < -0.3 is 9.80 Å². The SMILES string of the molecule is Cc1ccc(-c2cnn(CCCN(C)C)c2)c(-c2ccc3c(c2)C(=O)N(C)C3)n1. The van der Waals surface area contributed by atoms with E-state index in [0.29, 0.717) is 6.54 Å². The zero-order valence-corrected chi connectivity index (χ0v) is 17.5. The van der Waals surface area contributed by atoms with Gasteiger partial charge >= 0.3 is 0 Å². The van der Waals surface area contributed by atoms with Gasteiger partial charge in [-0.2, -0.15) is 5.10 Å². The first-order valence-corrected chi connectivity index (χ1v) is 9.96. The van der Waals surface area contributed by atoms with Gasteiger partial charge in [0.2, 0.25) is 0 Å². The maximum Gasteiger partial charge on any atom is 0.254 e. The first-order valence-electron chi connectivity index (χ1n) is 9.96. The topological polar surface area (TPSA) is 54.3 Å². The van der Waals surface area contributed by atoms with Crippen molar-refractivity contribution in [2.45, 2.75) is 26.4 Å². The third-order valence-corrected chi connectivity index (χ3v) is 5.34. The average molecular weight is 390 g/mol. The summed E-state index contributed by atoms with van der Waals surface area (Å²) in [7, 11) is 6.00. The third kappa shape index (κ3) is 3.93. The number of pyridine rings is 1. The zero-order chi connectivity index (χ0) is 20.5. The molecule has 6 heteroatoms. The summed E-state index contributed by atoms with van der Waals surface area (Å²) in [6.45, 7) is 4.57. The molecule has 1 aromatic carbocycles. The van der Waals surface area contributed by atoms with E-state index in [2.05, 4.69) is 42.4 Å². The molecular weight excluding hydrogens is 362 g/mol. The molecule has 0 spiro atoms. The molecule has 0 bridgehead atoms. The molecule has 0 atom stereocenters. The van der Waals surface area contributed by atoms with Gasteiger partial charge in [0.25, 0.3) is 5.91 Å². The number of benzene rings is 1. The van der Waals surface area contributed by atoms with Gasteiger partial charge in [-0.15, -0.1) is 0 Å². The Balaban J connectivity index is 1.68. The lowest BCUT2D eigenvalue weighted by Gasteiger charge is -2.10. The molecule has 0 radical (unpaired) electrons. The molecule has 1 aliphatic rings. The van der Waals surface area contributed by atoms with Crippen LogP contribution in [0.3, 0.4) is 0 Å². The number of amides is 1. The van der Waals surface area contributed by atoms with Crippen molar-refractivity contribution in [3.8, 4) is 22.4 Å². The second kappa shape index (κ2) is 7.79. The summed E-state index contributed by atoms with van der Waals surface area (Å²) in [4.78, 5) is 21.2. The minimum atomic E-state index is 0.0739. The lowest BCUT2D eigenvalue weighted by molar-refractivity contribution is 0.0816. The van der Waals surface area contributed by atoms with Crippen molar-refractivity contribution in [3.05, 3.63) is 59.5 Å². The number of carbonyl (C=O) groups is 1. The Bertz CT molecular complexity index is 1050. The molecule has 2 aromatic heterocycles. The van der Waals surface area contributed by atoms with Crippen LogP contribution in [0.25, 0.3) is 22.4 Å². The first kappa shape index (κ1) is 19.3. The summed E-state index contributed by atoms with van der Waals surface area (Å²) in [5.41, 5.74) is 6.73. The van der Waals surface area contributed by atoms with Crippen LogP contribution in [-0.2, 0) is 13.1 Å². The van der Waals surface area contributed by atoms with Crippen LogP contribution in [0.15, 0.2) is 42.7 Å². The lowest BCUT2D eigenvalue weighted by atomic mass is 9.98. The Hall–Kier alpha value is -2.99. The predicted molar refractivity (Wildman–Crippen MR) is 115 cm³/mol. The molecule has 29 heavy (non-hydrogen) atoms. The van der Waals surface area contributed by atoms with Crippen LogP contribution in [0.2, 0.25) is 0 Å². The molecule has 150 valence electrons. The van der Waals surface area contributed by atoms with Gasteiger partial charge in [0.1, 0.15) is 0 Å². The number of hydrogen-bond acceptors (Lipinski definition) is 4. The summed E-state index contributed by atoms with van der Waals surface area (Å²) >= 11 is 0. The molecule has 3 heterocycles. The number of fused-ring (bicyclic) bond motifs is 1. The maximum atomic E-state index is 12.4. The Morgan fingerprint density at radius 2 is 1.93 bits per heavy atom. The average Bonchev–Trinajstić information content (AvgIpc) is 3.26. The van der Waals surface area contributed by atoms with Gasteiger partial charge in [-0.25, -0.2) is 0 Å². The normalized spacial score (nSPS) is 13.4. The molecule has 0 aliphatic carbocycles. The van der Waals surface area contributed by atoms with Crippen molar-refractivity contribution in [2.75, 3.05) is 27.7 Å². The van der Waals surface area contributed by atoms with E-state index in [1.54, 1.807) is 4.90 Å². The van der Waals surface area contributed by atoms with Gasteiger partial charge in [-0.1, -0.05) is 18.2 Å². The van der Waals surface area contributed by atoms with Crippen LogP contribution in [0.4, 0.5) is 0 Å². The molecule has 0 fully saturated rings. The number of rotatable bonds is 6. The second-order valence-corrected chi connectivity index (χ2v) is 8.03. The molecule has 1 aliphatic heterocycles. The summed E-state index contributed by atoms with van der Waals surface area (Å²) < 4.78 is 1.99. The van der Waals surface area contributed by atoms with Crippen molar-refractivity contribution in [1.82, 2.24) is 24.6 Å². The highest BCUT2D eigenvalue weighted by atomic mass is 16.2. The van der Waals surface area contributed by atoms with E-state index in [0.717, 1.165) is 58.7 Å². The van der Waals surface area contributed by atoms with Crippen molar-refractivity contribution < 1.29 is 4.79 Å². The number of nitrogens with zero attached hydrogens (tertiary/aromatic N) is 5. The van der Waals surface area contributed by atoms with Gasteiger partial charge in [-0.05, 0) is 51.7 Å². The first-order chi connectivity index (χ1) is 13.9. The van der Waals surface area contributed by atoms with Crippen molar-refractivity contribution in [3.63, 3.8) is 0 Å². The Morgan fingerprint density at radius 1 is 1.10 bits per heavy atom. The van der Waals surface area contributed by atoms with Crippen molar-refractivity contribution in [2.24, 2.45) is 0 Å².